The molecular formula is C116H98N10O8. The van der Waals surface area contributed by atoms with Crippen LogP contribution in [0.15, 0.2) is 329 Å². The fourth-order valence-corrected chi connectivity index (χ4v) is 16.2. The average molecular weight is 1760 g/mol. The molecule has 10 heterocycles. The van der Waals surface area contributed by atoms with Gasteiger partial charge in [0.25, 0.3) is 0 Å². The maximum absolute atomic E-state index is 12.8. The van der Waals surface area contributed by atoms with Gasteiger partial charge in [0.05, 0.1) is 44.9 Å². The van der Waals surface area contributed by atoms with Crippen LogP contribution in [-0.2, 0) is 52.6 Å². The number of carbonyl (C=O) groups excluding carboxylic acids is 4. The van der Waals surface area contributed by atoms with Crippen LogP contribution in [0.3, 0.4) is 0 Å². The van der Waals surface area contributed by atoms with Gasteiger partial charge in [0.15, 0.2) is 23.1 Å². The second-order valence-electron chi connectivity index (χ2n) is 33.9. The maximum Gasteiger partial charge on any atom is 0.167 e. The summed E-state index contributed by atoms with van der Waals surface area (Å²) in [5.41, 5.74) is 27.8. The van der Waals surface area contributed by atoms with E-state index in [2.05, 4.69) is 44.2 Å². The molecule has 0 amide bonds. The molecule has 2 aliphatic rings. The van der Waals surface area contributed by atoms with Gasteiger partial charge in [-0.05, 0) is 209 Å². The standard InChI is InChI=1S/2C29H25N3O2.2C29H24N2O2/c1-19-6-4-7-22(14-19)26(33)15-21-10-9-20(2)27(16-21)34-28-17-25(23-8-5-12-30-18-23)31-29-24(28)11-13-32(29)3;1-19-5-4-6-23(15-19)26(33)16-21-8-7-20(2)27(17-21)34-28-18-25(22-9-12-30-13-10-22)31-29-24(28)11-14-32(29)3;1-19-6-3-7-22(14-19)27(32)15-21-12-11-20(2)28(16-21)33-29-17-26(23-8-5-13-30-18-23)31-25-10-4-9-24(25)29;1-19-5-3-6-23(15-19)27(32)16-21-10-9-20(2)28(17-21)33-29-18-26(22-11-13-30-14-12-22)31-25-8-4-7-24(25)29/h4-14,16-18H,15H2,1-3H3;4-15,17-18H,16H2,1-3H3;3-9,11-14,16-18H,10,15H2,1-2H3;3-7,9-15,17-18H,8,16H2,1-2H3. The topological polar surface area (TPSA) is 218 Å². The minimum atomic E-state index is 0.0896. The van der Waals surface area contributed by atoms with Gasteiger partial charge < -0.3 is 28.1 Å². The minimum Gasteiger partial charge on any atom is -0.456 e. The van der Waals surface area contributed by atoms with Crippen molar-refractivity contribution in [1.82, 2.24) is 49.0 Å². The lowest BCUT2D eigenvalue weighted by atomic mass is 10.0. The van der Waals surface area contributed by atoms with Crippen LogP contribution in [0.5, 0.6) is 46.0 Å². The van der Waals surface area contributed by atoms with Crippen LogP contribution < -0.4 is 18.9 Å². The Balaban J connectivity index is 0.000000124. The van der Waals surface area contributed by atoms with Crippen LogP contribution in [0.4, 0.5) is 0 Å². The van der Waals surface area contributed by atoms with Gasteiger partial charge in [-0.2, -0.15) is 0 Å². The van der Waals surface area contributed by atoms with Gasteiger partial charge in [0.2, 0.25) is 0 Å². The zero-order valence-corrected chi connectivity index (χ0v) is 76.3. The minimum absolute atomic E-state index is 0.0896. The third-order valence-electron chi connectivity index (χ3n) is 23.6. The van der Waals surface area contributed by atoms with Gasteiger partial charge in [0.1, 0.15) is 57.3 Å². The van der Waals surface area contributed by atoms with Gasteiger partial charge in [0, 0.05) is 194 Å². The first kappa shape index (κ1) is 89.4. The number of hydrogen-bond donors (Lipinski definition) is 0. The van der Waals surface area contributed by atoms with E-state index in [0.29, 0.717) is 25.7 Å². The second-order valence-corrected chi connectivity index (χ2v) is 33.9. The summed E-state index contributed by atoms with van der Waals surface area (Å²) >= 11 is 0. The number of Topliss-reactive ketones (excluding diaryl/α,β-unsaturated/α-hetero) is 4. The zero-order valence-electron chi connectivity index (χ0n) is 76.3. The van der Waals surface area contributed by atoms with E-state index in [0.717, 1.165) is 237 Å². The van der Waals surface area contributed by atoms with Crippen molar-refractivity contribution in [2.24, 2.45) is 14.1 Å². The number of benzene rings is 8. The van der Waals surface area contributed by atoms with Crippen molar-refractivity contribution in [3.63, 3.8) is 0 Å². The van der Waals surface area contributed by atoms with Gasteiger partial charge in [-0.1, -0.05) is 168 Å². The molecule has 0 bridgehead atoms. The van der Waals surface area contributed by atoms with Gasteiger partial charge in [-0.3, -0.25) is 49.1 Å². The Kier molecular flexibility index (Phi) is 27.1. The van der Waals surface area contributed by atoms with E-state index in [1.807, 2.05) is 352 Å². The van der Waals surface area contributed by atoms with Crippen molar-refractivity contribution < 1.29 is 38.1 Å². The lowest BCUT2D eigenvalue weighted by Crippen LogP contribution is -2.04. The number of aromatic nitrogens is 10. The predicted octanol–water partition coefficient (Wildman–Crippen LogP) is 26.0. The van der Waals surface area contributed by atoms with Crippen molar-refractivity contribution >= 4 is 57.4 Å². The number of pyridine rings is 8. The summed E-state index contributed by atoms with van der Waals surface area (Å²) in [6, 6.07) is 82.1. The van der Waals surface area contributed by atoms with Gasteiger partial charge in [-0.15, -0.1) is 0 Å². The summed E-state index contributed by atoms with van der Waals surface area (Å²) in [6.07, 6.45) is 29.3. The Labute approximate surface area is 779 Å². The van der Waals surface area contributed by atoms with Crippen molar-refractivity contribution in [3.8, 4) is 91.0 Å². The first-order valence-electron chi connectivity index (χ1n) is 44.5. The number of nitrogens with zero attached hydrogens (tertiary/aromatic N) is 10. The summed E-state index contributed by atoms with van der Waals surface area (Å²) in [5, 5.41) is 1.86. The highest BCUT2D eigenvalue weighted by molar-refractivity contribution is 6.00. The Morgan fingerprint density at radius 3 is 0.918 bits per heavy atom. The number of allylic oxidation sites excluding steroid dienone is 2. The molecule has 20 rings (SSSR count). The molecule has 0 aliphatic heterocycles. The van der Waals surface area contributed by atoms with Crippen LogP contribution in [0.25, 0.3) is 79.2 Å². The molecule has 10 aromatic heterocycles. The highest BCUT2D eigenvalue weighted by Crippen LogP contribution is 2.42. The van der Waals surface area contributed by atoms with E-state index in [-0.39, 0.29) is 23.1 Å². The fourth-order valence-electron chi connectivity index (χ4n) is 16.2. The maximum atomic E-state index is 12.8. The molecule has 0 unspecified atom stereocenters. The van der Waals surface area contributed by atoms with E-state index >= 15 is 0 Å². The van der Waals surface area contributed by atoms with Crippen LogP contribution in [-0.4, -0.2) is 72.1 Å². The summed E-state index contributed by atoms with van der Waals surface area (Å²) in [7, 11) is 3.94. The molecule has 18 heteroatoms. The average Bonchev–Trinajstić information content (AvgIpc) is 1.32. The van der Waals surface area contributed by atoms with E-state index in [9.17, 15) is 19.2 Å². The van der Waals surface area contributed by atoms with E-state index < -0.39 is 0 Å². The summed E-state index contributed by atoms with van der Waals surface area (Å²) in [5.74, 6) is 6.30. The summed E-state index contributed by atoms with van der Waals surface area (Å²) in [4.78, 5) is 87.3. The molecule has 18 nitrogen and oxygen atoms in total. The molecule has 0 saturated carbocycles. The van der Waals surface area contributed by atoms with Gasteiger partial charge in [-0.25, -0.2) is 9.97 Å². The lowest BCUT2D eigenvalue weighted by molar-refractivity contribution is 0.0984. The highest BCUT2D eigenvalue weighted by Gasteiger charge is 2.24. The monoisotopic (exact) mass is 1760 g/mol. The van der Waals surface area contributed by atoms with E-state index in [1.54, 1.807) is 43.4 Å². The Morgan fingerprint density at radius 1 is 0.291 bits per heavy atom. The van der Waals surface area contributed by atoms with Crippen LogP contribution in [0.1, 0.15) is 131 Å². The number of fused-ring (bicyclic) bond motifs is 4. The Bertz CT molecular complexity index is 7090. The van der Waals surface area contributed by atoms with Crippen molar-refractivity contribution in [1.29, 1.82) is 0 Å². The fraction of sp³-hybridized carbons (Fsp3) is 0.138. The molecule has 134 heavy (non-hydrogen) atoms. The molecule has 2 aliphatic carbocycles. The number of ether oxygens (including phenoxy) is 4. The van der Waals surface area contributed by atoms with E-state index in [4.69, 9.17) is 38.9 Å². The molecule has 18 aromatic rings. The molecule has 660 valence electrons. The van der Waals surface area contributed by atoms with E-state index in [1.165, 1.54) is 0 Å². The number of hydrogen-bond acceptors (Lipinski definition) is 16. The molecule has 0 spiro atoms. The zero-order chi connectivity index (χ0) is 92.9. The molecule has 0 N–H and O–H groups in total. The third kappa shape index (κ3) is 21.4. The normalized spacial score (nSPS) is 11.5. The Hall–Kier alpha value is -16.6. The van der Waals surface area contributed by atoms with Crippen molar-refractivity contribution in [3.05, 3.63) is 440 Å². The number of ketones is 4. The summed E-state index contributed by atoms with van der Waals surface area (Å²) < 4.78 is 29.8. The van der Waals surface area contributed by atoms with Crippen LogP contribution >= 0.6 is 0 Å². The first-order chi connectivity index (χ1) is 65.1. The number of carbonyl (C=O) groups is 4. The first-order valence-corrected chi connectivity index (χ1v) is 44.5. The molecule has 0 atom stereocenters. The largest absolute Gasteiger partial charge is 0.456 e. The predicted molar refractivity (Wildman–Crippen MR) is 530 cm³/mol. The van der Waals surface area contributed by atoms with Crippen LogP contribution in [0.2, 0.25) is 0 Å². The third-order valence-corrected chi connectivity index (χ3v) is 23.6. The second kappa shape index (κ2) is 40.6. The smallest absolute Gasteiger partial charge is 0.167 e. The number of aryl methyl sites for hydroxylation is 10. The molecule has 0 radical (unpaired) electrons. The van der Waals surface area contributed by atoms with Gasteiger partial charge >= 0.3 is 0 Å². The highest BCUT2D eigenvalue weighted by atomic mass is 16.5. The Morgan fingerprint density at radius 2 is 0.597 bits per heavy atom. The number of rotatable bonds is 24. The summed E-state index contributed by atoms with van der Waals surface area (Å²) in [6.45, 7) is 16.0. The van der Waals surface area contributed by atoms with Crippen molar-refractivity contribution in [2.45, 2.75) is 93.9 Å². The SMILES string of the molecule is Cc1cccc(C(=O)Cc2ccc(C)c(Oc3cc(-c4cccnc4)nc4c3C=CC4)c2)c1.Cc1cccc(C(=O)Cc2ccc(C)c(Oc3cc(-c4cccnc4)nc4c3ccn4C)c2)c1.Cc1cccc(C(=O)Cc2ccc(C)c(Oc3cc(-c4ccncc4)nc4c3C=CC4)c2)c1.Cc1cccc(C(=O)Cc2ccc(C)c(Oc3cc(-c4ccncc4)nc4c3ccn4C)c2)c1. The molecular weight excluding hydrogens is 1660 g/mol. The molecule has 0 saturated heterocycles. The van der Waals surface area contributed by atoms with Crippen molar-refractivity contribution in [2.75, 3.05) is 0 Å². The van der Waals surface area contributed by atoms with Crippen LogP contribution in [0, 0.1) is 55.4 Å². The molecule has 8 aromatic carbocycles. The quantitative estimate of drug-likeness (QED) is 0.0514. The lowest BCUT2D eigenvalue weighted by Gasteiger charge is -2.15. The molecule has 0 fully saturated rings.